The van der Waals surface area contributed by atoms with E-state index in [1.54, 1.807) is 0 Å². The SMILES string of the molecule is CC1(C)c2cc(-c3ccccc3)ccc2-c2ccc(N(c3ccc4c(c3)c3ccccc3n4-c3ccccc3)c3cccc(-c4ccccc4)c3-c3ccccc3-c3ccccc3)cc21. The molecule has 0 N–H and O–H groups in total. The number of aromatic nitrogens is 1. The van der Waals surface area contributed by atoms with Gasteiger partial charge in [0.1, 0.15) is 0 Å². The molecule has 10 aromatic carbocycles. The Morgan fingerprint density at radius 2 is 0.862 bits per heavy atom. The minimum absolute atomic E-state index is 0.237. The van der Waals surface area contributed by atoms with Gasteiger partial charge in [0.25, 0.3) is 0 Å². The molecule has 0 spiro atoms. The molecule has 0 unspecified atom stereocenters. The molecular formula is C63H46N2. The molecule has 0 bridgehead atoms. The summed E-state index contributed by atoms with van der Waals surface area (Å²) in [6, 6.07) is 89.0. The summed E-state index contributed by atoms with van der Waals surface area (Å²) in [5.41, 5.74) is 21.5. The van der Waals surface area contributed by atoms with Crippen molar-refractivity contribution in [1.29, 1.82) is 0 Å². The van der Waals surface area contributed by atoms with Crippen LogP contribution in [0.5, 0.6) is 0 Å². The van der Waals surface area contributed by atoms with Gasteiger partial charge >= 0.3 is 0 Å². The first-order valence-corrected chi connectivity index (χ1v) is 22.6. The Morgan fingerprint density at radius 3 is 1.58 bits per heavy atom. The van der Waals surface area contributed by atoms with Crippen molar-refractivity contribution in [2.45, 2.75) is 19.3 Å². The second-order valence-corrected chi connectivity index (χ2v) is 17.7. The fourth-order valence-corrected chi connectivity index (χ4v) is 10.5. The van der Waals surface area contributed by atoms with Crippen LogP contribution in [0.3, 0.4) is 0 Å². The summed E-state index contributed by atoms with van der Waals surface area (Å²) in [6.45, 7) is 4.78. The second kappa shape index (κ2) is 15.6. The maximum Gasteiger partial charge on any atom is 0.0546 e. The smallest absolute Gasteiger partial charge is 0.0546 e. The highest BCUT2D eigenvalue weighted by molar-refractivity contribution is 6.11. The molecule has 65 heavy (non-hydrogen) atoms. The van der Waals surface area contributed by atoms with Gasteiger partial charge < -0.3 is 9.47 Å². The van der Waals surface area contributed by atoms with Gasteiger partial charge in [-0.3, -0.25) is 0 Å². The number of fused-ring (bicyclic) bond motifs is 6. The van der Waals surface area contributed by atoms with Crippen LogP contribution in [0.1, 0.15) is 25.0 Å². The fourth-order valence-electron chi connectivity index (χ4n) is 10.5. The quantitative estimate of drug-likeness (QED) is 0.148. The molecule has 0 fully saturated rings. The predicted molar refractivity (Wildman–Crippen MR) is 275 cm³/mol. The first kappa shape index (κ1) is 38.5. The van der Waals surface area contributed by atoms with E-state index in [0.717, 1.165) is 22.7 Å². The summed E-state index contributed by atoms with van der Waals surface area (Å²) in [5, 5.41) is 2.43. The lowest BCUT2D eigenvalue weighted by Crippen LogP contribution is -2.17. The average Bonchev–Trinajstić information content (AvgIpc) is 3.82. The fraction of sp³-hybridized carbons (Fsp3) is 0.0476. The Kier molecular flexibility index (Phi) is 9.21. The van der Waals surface area contributed by atoms with Gasteiger partial charge in [-0.15, -0.1) is 0 Å². The molecule has 0 atom stereocenters. The van der Waals surface area contributed by atoms with Crippen LogP contribution in [0.25, 0.3) is 83.1 Å². The van der Waals surface area contributed by atoms with Crippen molar-refractivity contribution >= 4 is 38.9 Å². The van der Waals surface area contributed by atoms with E-state index < -0.39 is 0 Å². The topological polar surface area (TPSA) is 8.17 Å². The molecule has 1 aliphatic carbocycles. The highest BCUT2D eigenvalue weighted by atomic mass is 15.1. The largest absolute Gasteiger partial charge is 0.310 e. The highest BCUT2D eigenvalue weighted by Gasteiger charge is 2.37. The van der Waals surface area contributed by atoms with E-state index >= 15 is 0 Å². The molecule has 0 saturated carbocycles. The van der Waals surface area contributed by atoms with Crippen LogP contribution in [0.15, 0.2) is 243 Å². The zero-order valence-corrected chi connectivity index (χ0v) is 36.5. The third-order valence-electron chi connectivity index (χ3n) is 13.6. The molecule has 1 aliphatic rings. The number of anilines is 3. The van der Waals surface area contributed by atoms with Gasteiger partial charge in [-0.25, -0.2) is 0 Å². The third kappa shape index (κ3) is 6.40. The second-order valence-electron chi connectivity index (χ2n) is 17.7. The number of benzene rings is 10. The first-order valence-electron chi connectivity index (χ1n) is 22.6. The minimum Gasteiger partial charge on any atom is -0.310 e. The van der Waals surface area contributed by atoms with Crippen LogP contribution in [0.2, 0.25) is 0 Å². The number of para-hydroxylation sites is 2. The van der Waals surface area contributed by atoms with Crippen molar-refractivity contribution in [2.24, 2.45) is 0 Å². The number of hydrogen-bond acceptors (Lipinski definition) is 1. The molecule has 11 aromatic rings. The molecule has 308 valence electrons. The van der Waals surface area contributed by atoms with Crippen LogP contribution in [-0.2, 0) is 5.41 Å². The van der Waals surface area contributed by atoms with Gasteiger partial charge in [-0.2, -0.15) is 0 Å². The lowest BCUT2D eigenvalue weighted by molar-refractivity contribution is 0.660. The molecule has 1 heterocycles. The van der Waals surface area contributed by atoms with Crippen molar-refractivity contribution in [2.75, 3.05) is 4.90 Å². The lowest BCUT2D eigenvalue weighted by Gasteiger charge is -2.31. The van der Waals surface area contributed by atoms with Gasteiger partial charge in [-0.1, -0.05) is 196 Å². The minimum atomic E-state index is -0.237. The van der Waals surface area contributed by atoms with Gasteiger partial charge in [0.15, 0.2) is 0 Å². The van der Waals surface area contributed by atoms with E-state index in [1.807, 2.05) is 0 Å². The average molecular weight is 831 g/mol. The zero-order valence-electron chi connectivity index (χ0n) is 36.5. The maximum absolute atomic E-state index is 2.52. The Labute approximate surface area is 381 Å². The van der Waals surface area contributed by atoms with Crippen molar-refractivity contribution in [1.82, 2.24) is 4.57 Å². The molecule has 0 amide bonds. The Bertz CT molecular complexity index is 3550. The van der Waals surface area contributed by atoms with Crippen molar-refractivity contribution in [3.63, 3.8) is 0 Å². The van der Waals surface area contributed by atoms with E-state index in [1.165, 1.54) is 88.6 Å². The highest BCUT2D eigenvalue weighted by Crippen LogP contribution is 2.54. The summed E-state index contributed by atoms with van der Waals surface area (Å²) in [4.78, 5) is 2.52. The summed E-state index contributed by atoms with van der Waals surface area (Å²) in [5.74, 6) is 0. The summed E-state index contributed by atoms with van der Waals surface area (Å²) >= 11 is 0. The molecule has 12 rings (SSSR count). The Hall–Kier alpha value is -8.20. The van der Waals surface area contributed by atoms with E-state index in [-0.39, 0.29) is 5.41 Å². The van der Waals surface area contributed by atoms with E-state index in [0.29, 0.717) is 0 Å². The number of rotatable bonds is 8. The number of nitrogens with zero attached hydrogens (tertiary/aromatic N) is 2. The Morgan fingerprint density at radius 1 is 0.338 bits per heavy atom. The van der Waals surface area contributed by atoms with Crippen LogP contribution in [0.4, 0.5) is 17.1 Å². The van der Waals surface area contributed by atoms with Crippen LogP contribution in [-0.4, -0.2) is 4.57 Å². The molecule has 2 heteroatoms. The standard InChI is InChI=1S/C63H46N2/c1-63(2)57-40-46(43-20-7-3-8-21-43)34-37-52(57)53-38-35-49(42-58(53)63)64(48-36-39-60-56(41-48)54-29-17-18-32-59(54)65(60)47-26-13-6-14-27-47)61-33-19-31-51(45-24-11-5-12-25-45)62(61)55-30-16-15-28-50(55)44-22-9-4-10-23-44/h3-42H,1-2H3. The van der Waals surface area contributed by atoms with E-state index in [9.17, 15) is 0 Å². The first-order chi connectivity index (χ1) is 32.0. The van der Waals surface area contributed by atoms with Crippen LogP contribution < -0.4 is 4.90 Å². The van der Waals surface area contributed by atoms with Gasteiger partial charge in [0, 0.05) is 38.8 Å². The molecule has 0 radical (unpaired) electrons. The number of hydrogen-bond donors (Lipinski definition) is 0. The lowest BCUT2D eigenvalue weighted by atomic mass is 9.81. The van der Waals surface area contributed by atoms with Crippen LogP contribution in [0, 0.1) is 0 Å². The maximum atomic E-state index is 2.52. The van der Waals surface area contributed by atoms with Crippen molar-refractivity contribution < 1.29 is 0 Å². The molecule has 1 aromatic heterocycles. The van der Waals surface area contributed by atoms with Crippen molar-refractivity contribution in [3.05, 3.63) is 254 Å². The summed E-state index contributed by atoms with van der Waals surface area (Å²) in [6.07, 6.45) is 0. The Balaban J connectivity index is 1.13. The van der Waals surface area contributed by atoms with Gasteiger partial charge in [0.05, 0.1) is 16.7 Å². The normalized spacial score (nSPS) is 12.6. The molecule has 0 saturated heterocycles. The van der Waals surface area contributed by atoms with Crippen molar-refractivity contribution in [3.8, 4) is 61.3 Å². The molecule has 2 nitrogen and oxygen atoms in total. The van der Waals surface area contributed by atoms with E-state index in [4.69, 9.17) is 0 Å². The van der Waals surface area contributed by atoms with Crippen LogP contribution >= 0.6 is 0 Å². The van der Waals surface area contributed by atoms with Gasteiger partial charge in [-0.05, 0) is 122 Å². The summed E-state index contributed by atoms with van der Waals surface area (Å²) in [7, 11) is 0. The van der Waals surface area contributed by atoms with Gasteiger partial charge in [0.2, 0.25) is 0 Å². The predicted octanol–water partition coefficient (Wildman–Crippen LogP) is 17.2. The monoisotopic (exact) mass is 830 g/mol. The molecular weight excluding hydrogens is 785 g/mol. The zero-order chi connectivity index (χ0) is 43.5. The third-order valence-corrected chi connectivity index (χ3v) is 13.6. The molecule has 0 aliphatic heterocycles. The summed E-state index contributed by atoms with van der Waals surface area (Å²) < 4.78 is 2.40. The van der Waals surface area contributed by atoms with E-state index in [2.05, 4.69) is 266 Å².